The Kier molecular flexibility index (Phi) is 6.94. The minimum atomic E-state index is -0.717. The van der Waals surface area contributed by atoms with E-state index >= 15 is 0 Å². The first-order chi connectivity index (χ1) is 16.0. The molecule has 0 unspecified atom stereocenters. The summed E-state index contributed by atoms with van der Waals surface area (Å²) < 4.78 is 34.5. The number of anilines is 1. The molecule has 1 amide bonds. The summed E-state index contributed by atoms with van der Waals surface area (Å²) in [6, 6.07) is 13.9. The van der Waals surface area contributed by atoms with E-state index in [0.717, 1.165) is 47.0 Å². The van der Waals surface area contributed by atoms with Crippen LogP contribution < -0.4 is 10.1 Å². The van der Waals surface area contributed by atoms with Crippen LogP contribution >= 0.6 is 11.8 Å². The van der Waals surface area contributed by atoms with Crippen molar-refractivity contribution in [1.29, 1.82) is 0 Å². The average molecular weight is 468 g/mol. The molecule has 7 nitrogen and oxygen atoms in total. The molecule has 2 heterocycles. The molecule has 2 aromatic carbocycles. The lowest BCUT2D eigenvalue weighted by atomic mass is 10.2. The van der Waals surface area contributed by atoms with Gasteiger partial charge in [0.05, 0.1) is 18.0 Å². The number of nitrogens with one attached hydrogen (secondary N) is 1. The number of carbonyl (C=O) groups is 1. The number of pyridine rings is 1. The Balaban J connectivity index is 1.59. The SMILES string of the molecule is CCOc1ccc(-n2c(SCC(=O)Nc3cc(F)ccc3F)nnc2-c2cccnc2)cc1. The fraction of sp³-hybridized carbons (Fsp3) is 0.130. The Morgan fingerprint density at radius 2 is 1.94 bits per heavy atom. The topological polar surface area (TPSA) is 81.9 Å². The molecule has 0 aliphatic rings. The second kappa shape index (κ2) is 10.2. The fourth-order valence-corrected chi connectivity index (χ4v) is 3.80. The van der Waals surface area contributed by atoms with E-state index in [2.05, 4.69) is 20.5 Å². The summed E-state index contributed by atoms with van der Waals surface area (Å²) in [4.78, 5) is 16.5. The quantitative estimate of drug-likeness (QED) is 0.377. The lowest BCUT2D eigenvalue weighted by molar-refractivity contribution is -0.113. The number of benzene rings is 2. The molecule has 0 aliphatic heterocycles. The zero-order valence-corrected chi connectivity index (χ0v) is 18.4. The molecule has 0 bridgehead atoms. The van der Waals surface area contributed by atoms with Crippen LogP contribution in [0, 0.1) is 11.6 Å². The van der Waals surface area contributed by atoms with E-state index in [1.54, 1.807) is 23.0 Å². The molecule has 0 aliphatic carbocycles. The molecule has 10 heteroatoms. The Labute approximate surface area is 192 Å². The summed E-state index contributed by atoms with van der Waals surface area (Å²) in [5, 5.41) is 11.4. The number of halogens is 2. The maximum absolute atomic E-state index is 13.8. The van der Waals surface area contributed by atoms with Crippen LogP contribution in [-0.2, 0) is 4.79 Å². The molecular weight excluding hydrogens is 448 g/mol. The average Bonchev–Trinajstić information content (AvgIpc) is 3.25. The smallest absolute Gasteiger partial charge is 0.234 e. The third kappa shape index (κ3) is 5.35. The fourth-order valence-electron chi connectivity index (χ4n) is 3.05. The predicted octanol–water partition coefficient (Wildman–Crippen LogP) is 4.74. The van der Waals surface area contributed by atoms with Crippen molar-refractivity contribution in [3.05, 3.63) is 78.6 Å². The Hall–Kier alpha value is -3.79. The summed E-state index contributed by atoms with van der Waals surface area (Å²) >= 11 is 1.12. The van der Waals surface area contributed by atoms with Gasteiger partial charge in [0, 0.05) is 29.7 Å². The second-order valence-corrected chi connectivity index (χ2v) is 7.71. The molecule has 33 heavy (non-hydrogen) atoms. The molecular formula is C23H19F2N5O2S. The first kappa shape index (κ1) is 22.4. The van der Waals surface area contributed by atoms with Crippen molar-refractivity contribution in [3.63, 3.8) is 0 Å². The predicted molar refractivity (Wildman–Crippen MR) is 121 cm³/mol. The number of thioether (sulfide) groups is 1. The number of ether oxygens (including phenoxy) is 1. The minimum absolute atomic E-state index is 0.0852. The molecule has 0 saturated carbocycles. The largest absolute Gasteiger partial charge is 0.494 e. The number of hydrogen-bond donors (Lipinski definition) is 1. The van der Waals surface area contributed by atoms with E-state index in [1.807, 2.05) is 37.3 Å². The maximum Gasteiger partial charge on any atom is 0.234 e. The number of rotatable bonds is 8. The Bertz CT molecular complexity index is 1250. The van der Waals surface area contributed by atoms with Crippen LogP contribution in [0.15, 0.2) is 72.1 Å². The van der Waals surface area contributed by atoms with Crippen molar-refractivity contribution < 1.29 is 18.3 Å². The van der Waals surface area contributed by atoms with Gasteiger partial charge in [-0.3, -0.25) is 14.3 Å². The van der Waals surface area contributed by atoms with Gasteiger partial charge in [-0.2, -0.15) is 0 Å². The highest BCUT2D eigenvalue weighted by atomic mass is 32.2. The normalized spacial score (nSPS) is 10.8. The van der Waals surface area contributed by atoms with Crippen LogP contribution in [-0.4, -0.2) is 38.0 Å². The van der Waals surface area contributed by atoms with Crippen LogP contribution in [0.2, 0.25) is 0 Å². The summed E-state index contributed by atoms with van der Waals surface area (Å²) in [6.45, 7) is 2.46. The van der Waals surface area contributed by atoms with Crippen LogP contribution in [0.4, 0.5) is 14.5 Å². The van der Waals surface area contributed by atoms with Gasteiger partial charge < -0.3 is 10.1 Å². The van der Waals surface area contributed by atoms with E-state index in [1.165, 1.54) is 0 Å². The van der Waals surface area contributed by atoms with Crippen molar-refractivity contribution in [2.24, 2.45) is 0 Å². The number of hydrogen-bond acceptors (Lipinski definition) is 6. The van der Waals surface area contributed by atoms with Crippen LogP contribution in [0.25, 0.3) is 17.1 Å². The number of nitrogens with zero attached hydrogens (tertiary/aromatic N) is 4. The molecule has 0 saturated heterocycles. The van der Waals surface area contributed by atoms with E-state index in [9.17, 15) is 13.6 Å². The van der Waals surface area contributed by atoms with Gasteiger partial charge in [-0.25, -0.2) is 8.78 Å². The summed E-state index contributed by atoms with van der Waals surface area (Å²) in [6.07, 6.45) is 3.33. The third-order valence-electron chi connectivity index (χ3n) is 4.49. The maximum atomic E-state index is 13.8. The van der Waals surface area contributed by atoms with Gasteiger partial charge in [0.1, 0.15) is 17.4 Å². The molecule has 0 fully saturated rings. The van der Waals surface area contributed by atoms with Crippen LogP contribution in [0.1, 0.15) is 6.92 Å². The van der Waals surface area contributed by atoms with Crippen molar-refractivity contribution in [2.75, 3.05) is 17.7 Å². The van der Waals surface area contributed by atoms with Crippen LogP contribution in [0.3, 0.4) is 0 Å². The monoisotopic (exact) mass is 467 g/mol. The molecule has 0 radical (unpaired) electrons. The molecule has 0 atom stereocenters. The van der Waals surface area contributed by atoms with Gasteiger partial charge in [0.2, 0.25) is 5.91 Å². The van der Waals surface area contributed by atoms with Gasteiger partial charge in [-0.15, -0.1) is 10.2 Å². The van der Waals surface area contributed by atoms with E-state index in [0.29, 0.717) is 17.6 Å². The Morgan fingerprint density at radius 3 is 2.67 bits per heavy atom. The Morgan fingerprint density at radius 1 is 1.12 bits per heavy atom. The molecule has 1 N–H and O–H groups in total. The lowest BCUT2D eigenvalue weighted by Crippen LogP contribution is -2.15. The van der Waals surface area contributed by atoms with E-state index in [-0.39, 0.29) is 11.4 Å². The first-order valence-electron chi connectivity index (χ1n) is 10.0. The van der Waals surface area contributed by atoms with Gasteiger partial charge in [-0.1, -0.05) is 11.8 Å². The number of aromatic nitrogens is 4. The first-order valence-corrected chi connectivity index (χ1v) is 11.0. The zero-order chi connectivity index (χ0) is 23.2. The highest BCUT2D eigenvalue weighted by Crippen LogP contribution is 2.29. The van der Waals surface area contributed by atoms with E-state index in [4.69, 9.17) is 4.74 Å². The van der Waals surface area contributed by atoms with Crippen molar-refractivity contribution >= 4 is 23.4 Å². The summed E-state index contributed by atoms with van der Waals surface area (Å²) in [5.41, 5.74) is 1.29. The molecule has 2 aromatic heterocycles. The number of amides is 1. The van der Waals surface area contributed by atoms with Gasteiger partial charge in [0.15, 0.2) is 11.0 Å². The standard InChI is InChI=1S/C23H19F2N5O2S/c1-2-32-18-8-6-17(7-9-18)30-22(15-4-3-11-26-13-15)28-29-23(30)33-14-21(31)27-20-12-16(24)5-10-19(20)25/h3-13H,2,14H2,1H3,(H,27,31). The minimum Gasteiger partial charge on any atom is -0.494 e. The van der Waals surface area contributed by atoms with Crippen molar-refractivity contribution in [2.45, 2.75) is 12.1 Å². The van der Waals surface area contributed by atoms with E-state index < -0.39 is 17.5 Å². The second-order valence-electron chi connectivity index (χ2n) is 6.77. The van der Waals surface area contributed by atoms with Gasteiger partial charge >= 0.3 is 0 Å². The molecule has 4 rings (SSSR count). The van der Waals surface area contributed by atoms with Gasteiger partial charge in [0.25, 0.3) is 0 Å². The van der Waals surface area contributed by atoms with Crippen LogP contribution in [0.5, 0.6) is 5.75 Å². The summed E-state index contributed by atoms with van der Waals surface area (Å²) in [7, 11) is 0. The highest BCUT2D eigenvalue weighted by Gasteiger charge is 2.18. The third-order valence-corrected chi connectivity index (χ3v) is 5.42. The molecule has 4 aromatic rings. The lowest BCUT2D eigenvalue weighted by Gasteiger charge is -2.11. The van der Waals surface area contributed by atoms with Crippen molar-refractivity contribution in [1.82, 2.24) is 19.7 Å². The highest BCUT2D eigenvalue weighted by molar-refractivity contribution is 7.99. The van der Waals surface area contributed by atoms with Crippen molar-refractivity contribution in [3.8, 4) is 22.8 Å². The zero-order valence-electron chi connectivity index (χ0n) is 17.5. The molecule has 0 spiro atoms. The van der Waals surface area contributed by atoms with Gasteiger partial charge in [-0.05, 0) is 55.5 Å². The number of carbonyl (C=O) groups excluding carboxylic acids is 1. The molecule has 168 valence electrons. The summed E-state index contributed by atoms with van der Waals surface area (Å²) in [5.74, 6) is -0.678.